The highest BCUT2D eigenvalue weighted by Crippen LogP contribution is 2.23. The van der Waals surface area contributed by atoms with Crippen LogP contribution in [-0.2, 0) is 4.79 Å². The van der Waals surface area contributed by atoms with E-state index in [9.17, 15) is 14.4 Å². The summed E-state index contributed by atoms with van der Waals surface area (Å²) in [4.78, 5) is 35.5. The van der Waals surface area contributed by atoms with Crippen LogP contribution in [0.1, 0.15) is 29.9 Å². The third kappa shape index (κ3) is 5.59. The molecule has 0 aliphatic carbocycles. The van der Waals surface area contributed by atoms with Gasteiger partial charge in [-0.2, -0.15) is 0 Å². The van der Waals surface area contributed by atoms with Crippen molar-refractivity contribution in [3.8, 4) is 0 Å². The summed E-state index contributed by atoms with van der Waals surface area (Å²) in [5.74, 6) is -1.20. The summed E-state index contributed by atoms with van der Waals surface area (Å²) in [6, 6.07) is 11.9. The molecule has 26 heavy (non-hydrogen) atoms. The number of hydrogen-bond acceptors (Lipinski definition) is 4. The molecule has 0 atom stereocenters. The zero-order valence-corrected chi connectivity index (χ0v) is 15.4. The average Bonchev–Trinajstić information content (AvgIpc) is 3.03. The molecular formula is C18H21N3O4S. The normalized spacial score (nSPS) is 10.8. The first-order valence-electron chi connectivity index (χ1n) is 8.02. The maximum absolute atomic E-state index is 12.1. The van der Waals surface area contributed by atoms with Gasteiger partial charge in [-0.1, -0.05) is 18.2 Å². The van der Waals surface area contributed by atoms with Crippen molar-refractivity contribution in [1.82, 2.24) is 5.32 Å². The number of carbonyl (C=O) groups is 3. The second kappa shape index (κ2) is 8.48. The number of rotatable bonds is 7. The van der Waals surface area contributed by atoms with Crippen LogP contribution in [0.25, 0.3) is 0 Å². The van der Waals surface area contributed by atoms with Crippen LogP contribution in [0.5, 0.6) is 0 Å². The summed E-state index contributed by atoms with van der Waals surface area (Å²) >= 11 is 1.14. The Hall–Kier alpha value is -2.87. The van der Waals surface area contributed by atoms with E-state index in [0.717, 1.165) is 11.3 Å². The van der Waals surface area contributed by atoms with E-state index in [1.807, 2.05) is 18.2 Å². The van der Waals surface area contributed by atoms with Crippen molar-refractivity contribution in [2.45, 2.75) is 20.3 Å². The Morgan fingerprint density at radius 1 is 1.04 bits per heavy atom. The molecule has 8 heteroatoms. The van der Waals surface area contributed by atoms with E-state index < -0.39 is 17.4 Å². The molecule has 7 nitrogen and oxygen atoms in total. The van der Waals surface area contributed by atoms with Crippen molar-refractivity contribution >= 4 is 39.9 Å². The second-order valence-electron chi connectivity index (χ2n) is 6.30. The number of carbonyl (C=O) groups excluding carboxylic acids is 2. The van der Waals surface area contributed by atoms with Gasteiger partial charge in [0.15, 0.2) is 0 Å². The van der Waals surface area contributed by atoms with E-state index in [0.29, 0.717) is 22.0 Å². The van der Waals surface area contributed by atoms with E-state index in [1.54, 1.807) is 38.1 Å². The monoisotopic (exact) mass is 375 g/mol. The Bertz CT molecular complexity index is 787. The molecule has 0 bridgehead atoms. The van der Waals surface area contributed by atoms with Gasteiger partial charge in [0.25, 0.3) is 5.91 Å². The number of nitrogens with one attached hydrogen (secondary N) is 3. The Labute approximate surface area is 155 Å². The van der Waals surface area contributed by atoms with Crippen LogP contribution in [0.15, 0.2) is 42.5 Å². The summed E-state index contributed by atoms with van der Waals surface area (Å²) in [6.07, 6.45) is 0.323. The first-order valence-corrected chi connectivity index (χ1v) is 8.84. The fourth-order valence-corrected chi connectivity index (χ4v) is 2.82. The number of urea groups is 1. The minimum atomic E-state index is -0.904. The minimum absolute atomic E-state index is 0.257. The van der Waals surface area contributed by atoms with Gasteiger partial charge < -0.3 is 15.7 Å². The highest BCUT2D eigenvalue weighted by Gasteiger charge is 2.26. The number of benzene rings is 1. The van der Waals surface area contributed by atoms with Gasteiger partial charge in [0, 0.05) is 12.2 Å². The third-order valence-electron chi connectivity index (χ3n) is 3.71. The minimum Gasteiger partial charge on any atom is -0.481 e. The van der Waals surface area contributed by atoms with Crippen LogP contribution in [0, 0.1) is 5.41 Å². The lowest BCUT2D eigenvalue weighted by Gasteiger charge is -2.18. The van der Waals surface area contributed by atoms with Crippen molar-refractivity contribution < 1.29 is 19.5 Å². The van der Waals surface area contributed by atoms with Crippen LogP contribution in [0.2, 0.25) is 0 Å². The molecule has 0 saturated heterocycles. The van der Waals surface area contributed by atoms with E-state index in [1.165, 1.54) is 0 Å². The van der Waals surface area contributed by atoms with Gasteiger partial charge in [-0.25, -0.2) is 4.79 Å². The lowest BCUT2D eigenvalue weighted by atomic mass is 9.90. The van der Waals surface area contributed by atoms with Crippen molar-refractivity contribution in [1.29, 1.82) is 0 Å². The fourth-order valence-electron chi connectivity index (χ4n) is 2.01. The van der Waals surface area contributed by atoms with Gasteiger partial charge in [-0.15, -0.1) is 11.3 Å². The zero-order chi connectivity index (χ0) is 19.2. The topological polar surface area (TPSA) is 108 Å². The predicted molar refractivity (Wildman–Crippen MR) is 102 cm³/mol. The summed E-state index contributed by atoms with van der Waals surface area (Å²) in [7, 11) is 0. The molecule has 4 N–H and O–H groups in total. The van der Waals surface area contributed by atoms with Gasteiger partial charge in [-0.05, 0) is 44.5 Å². The van der Waals surface area contributed by atoms with Crippen LogP contribution in [0.4, 0.5) is 15.5 Å². The lowest BCUT2D eigenvalue weighted by Crippen LogP contribution is -2.31. The average molecular weight is 375 g/mol. The number of carboxylic acid groups (broad SMARTS) is 1. The van der Waals surface area contributed by atoms with Crippen LogP contribution in [-0.4, -0.2) is 29.6 Å². The first-order chi connectivity index (χ1) is 12.3. The highest BCUT2D eigenvalue weighted by atomic mass is 32.1. The standard InChI is InChI=1S/C18H21N3O4S/c1-18(2,16(23)24)10-11-19-15(22)13-8-9-14(26-13)21-17(25)20-12-6-4-3-5-7-12/h3-9H,10-11H2,1-2H3,(H,19,22)(H,23,24)(H2,20,21,25). The van der Waals surface area contributed by atoms with Crippen molar-refractivity contribution in [2.24, 2.45) is 5.41 Å². The number of carboxylic acids is 1. The Balaban J connectivity index is 1.83. The number of aliphatic carboxylic acids is 1. The molecule has 138 valence electrons. The first kappa shape index (κ1) is 19.5. The van der Waals surface area contributed by atoms with E-state index in [-0.39, 0.29) is 12.5 Å². The van der Waals surface area contributed by atoms with Crippen molar-refractivity contribution in [2.75, 3.05) is 17.2 Å². The summed E-state index contributed by atoms with van der Waals surface area (Å²) in [6.45, 7) is 3.48. The molecule has 0 radical (unpaired) electrons. The van der Waals surface area contributed by atoms with E-state index in [2.05, 4.69) is 16.0 Å². The SMILES string of the molecule is CC(C)(CCNC(=O)c1ccc(NC(=O)Nc2ccccc2)s1)C(=O)O. The van der Waals surface area contributed by atoms with Crippen LogP contribution in [0.3, 0.4) is 0 Å². The van der Waals surface area contributed by atoms with Gasteiger partial charge in [-0.3, -0.25) is 14.9 Å². The molecule has 2 aromatic rings. The van der Waals surface area contributed by atoms with E-state index >= 15 is 0 Å². The molecule has 0 aliphatic rings. The number of amides is 3. The van der Waals surface area contributed by atoms with Crippen LogP contribution >= 0.6 is 11.3 Å². The summed E-state index contributed by atoms with van der Waals surface area (Å²) < 4.78 is 0. The van der Waals surface area contributed by atoms with Gasteiger partial charge in [0.2, 0.25) is 0 Å². The molecule has 2 rings (SSSR count). The quantitative estimate of drug-likeness (QED) is 0.593. The number of para-hydroxylation sites is 1. The largest absolute Gasteiger partial charge is 0.481 e. The van der Waals surface area contributed by atoms with Gasteiger partial charge >= 0.3 is 12.0 Å². The third-order valence-corrected chi connectivity index (χ3v) is 4.71. The molecule has 0 saturated carbocycles. The molecule has 1 aromatic heterocycles. The zero-order valence-electron chi connectivity index (χ0n) is 14.5. The molecule has 0 aliphatic heterocycles. The maximum atomic E-state index is 12.1. The molecular weight excluding hydrogens is 354 g/mol. The molecule has 1 aromatic carbocycles. The number of hydrogen-bond donors (Lipinski definition) is 4. The predicted octanol–water partition coefficient (Wildman–Crippen LogP) is 3.62. The summed E-state index contributed by atoms with van der Waals surface area (Å²) in [5, 5.41) is 17.7. The van der Waals surface area contributed by atoms with Crippen molar-refractivity contribution in [3.05, 3.63) is 47.3 Å². The Morgan fingerprint density at radius 3 is 2.38 bits per heavy atom. The van der Waals surface area contributed by atoms with Gasteiger partial charge in [0.1, 0.15) is 0 Å². The van der Waals surface area contributed by atoms with Gasteiger partial charge in [0.05, 0.1) is 15.3 Å². The van der Waals surface area contributed by atoms with Crippen molar-refractivity contribution in [3.63, 3.8) is 0 Å². The number of anilines is 2. The molecule has 0 unspecified atom stereocenters. The molecule has 0 spiro atoms. The van der Waals surface area contributed by atoms with E-state index in [4.69, 9.17) is 5.11 Å². The second-order valence-corrected chi connectivity index (χ2v) is 7.39. The lowest BCUT2D eigenvalue weighted by molar-refractivity contribution is -0.147. The van der Waals surface area contributed by atoms with Crippen LogP contribution < -0.4 is 16.0 Å². The summed E-state index contributed by atoms with van der Waals surface area (Å²) in [5.41, 5.74) is -0.231. The smallest absolute Gasteiger partial charge is 0.324 e. The molecule has 0 fully saturated rings. The Kier molecular flexibility index (Phi) is 6.35. The Morgan fingerprint density at radius 2 is 1.73 bits per heavy atom. The fraction of sp³-hybridized carbons (Fsp3) is 0.278. The molecule has 3 amide bonds. The molecule has 1 heterocycles. The highest BCUT2D eigenvalue weighted by molar-refractivity contribution is 7.18. The number of thiophene rings is 1. The maximum Gasteiger partial charge on any atom is 0.324 e.